The number of aromatic nitrogens is 16. The Hall–Kier alpha value is -17.8. The summed E-state index contributed by atoms with van der Waals surface area (Å²) < 4.78 is 4.77. The largest absolute Gasteiger partial charge is 0.309 e. The van der Waals surface area contributed by atoms with Crippen molar-refractivity contribution in [3.05, 3.63) is 425 Å². The zero-order chi connectivity index (χ0) is 84.8. The maximum Gasteiger partial charge on any atom is 0.164 e. The molecule has 0 spiro atoms. The summed E-state index contributed by atoms with van der Waals surface area (Å²) in [6.07, 6.45) is 0. The van der Waals surface area contributed by atoms with E-state index in [1.165, 1.54) is 0 Å². The van der Waals surface area contributed by atoms with Crippen LogP contribution < -0.4 is 0 Å². The minimum Gasteiger partial charge on any atom is -0.309 e. The lowest BCUT2D eigenvalue weighted by molar-refractivity contribution is 1.07. The third-order valence-corrected chi connectivity index (χ3v) is 23.2. The molecule has 0 radical (unpaired) electrons. The molecule has 7 aromatic heterocycles. The molecule has 0 N–H and O–H groups in total. The molecular weight excluding hydrogens is 1570 g/mol. The molecule has 0 unspecified atom stereocenters. The Morgan fingerprint density at radius 3 is 0.562 bits per heavy atom. The fraction of sp³-hybridized carbons (Fsp3) is 0. The molecule has 0 aliphatic carbocycles. The van der Waals surface area contributed by atoms with Crippen LogP contribution in [0.3, 0.4) is 0 Å². The average Bonchev–Trinajstić information content (AvgIpc) is 1.56. The second-order valence-corrected chi connectivity index (χ2v) is 31.2. The van der Waals surface area contributed by atoms with Crippen molar-refractivity contribution in [2.24, 2.45) is 0 Å². The van der Waals surface area contributed by atoms with Crippen molar-refractivity contribution in [2.45, 2.75) is 0 Å². The van der Waals surface area contributed by atoms with Gasteiger partial charge < -0.3 is 9.13 Å². The van der Waals surface area contributed by atoms with Gasteiger partial charge in [0.05, 0.1) is 44.8 Å². The second-order valence-electron chi connectivity index (χ2n) is 31.2. The summed E-state index contributed by atoms with van der Waals surface area (Å²) in [5.74, 6) is 7.00. The standard InChI is InChI=1S/C112H70N16/c1-11-33-71(34-12-1)92-70-93(72-35-13-2-14-36-72)114-108(113-92)81-55-60-95(128-98-63-58-84(111-123-104(77-45-23-7-24-46-77)117-105(124-111)78-47-25-8-26-48-78)68-90(98)91-69-85(59-64-99(91)128)112-125-106(79-49-27-9-28-50-79)118-107(126-112)80-51-29-10-30-52-80)87(65-81)86-53-31-32-54-94(86)127-96-61-56-82(109-119-100(73-37-15-3-16-38-73)115-101(120-109)74-39-17-4-18-40-74)66-88(96)89-67-83(57-62-97(89)127)110-121-102(75-41-19-5-20-42-75)116-103(122-110)76-43-21-6-22-44-76/h1-70H. The van der Waals surface area contributed by atoms with Gasteiger partial charge in [-0.3, -0.25) is 0 Å². The van der Waals surface area contributed by atoms with Gasteiger partial charge in [-0.2, -0.15) is 0 Å². The van der Waals surface area contributed by atoms with Gasteiger partial charge in [-0.1, -0.05) is 322 Å². The molecule has 23 rings (SSSR count). The van der Waals surface area contributed by atoms with Crippen LogP contribution in [0.25, 0.3) is 237 Å². The first-order chi connectivity index (χ1) is 63.4. The molecule has 16 heteroatoms. The number of para-hydroxylation sites is 1. The van der Waals surface area contributed by atoms with Gasteiger partial charge in [0, 0.05) is 116 Å². The second kappa shape index (κ2) is 32.6. The van der Waals surface area contributed by atoms with Gasteiger partial charge in [0.15, 0.2) is 75.7 Å². The zero-order valence-corrected chi connectivity index (χ0v) is 68.6. The highest BCUT2D eigenvalue weighted by Crippen LogP contribution is 2.46. The molecule has 128 heavy (non-hydrogen) atoms. The first-order valence-corrected chi connectivity index (χ1v) is 42.3. The normalized spacial score (nSPS) is 11.4. The Balaban J connectivity index is 0.789. The van der Waals surface area contributed by atoms with E-state index in [2.05, 4.69) is 155 Å². The number of rotatable bonds is 18. The molecule has 0 saturated carbocycles. The minimum absolute atomic E-state index is 0.510. The Morgan fingerprint density at radius 2 is 0.312 bits per heavy atom. The highest BCUT2D eigenvalue weighted by Gasteiger charge is 2.27. The van der Waals surface area contributed by atoms with Crippen molar-refractivity contribution in [1.29, 1.82) is 0 Å². The SMILES string of the molecule is c1ccc(-c2cc(-c3ccccc3)nc(-c3ccc(-n4c5ccc(-c6nc(-c7ccccc7)nc(-c7ccccc7)n6)cc5c5cc(-c6nc(-c7ccccc7)nc(-c7ccccc7)n6)ccc54)c(-c4ccccc4-n4c5ccc(-c6nc(-c7ccccc7)nc(-c7ccccc7)n6)cc5c5cc(-c6nc(-c7ccccc7)nc(-c7ccccc7)n6)ccc54)c3)n2)cc1. The van der Waals surface area contributed by atoms with Gasteiger partial charge in [-0.05, 0) is 103 Å². The molecule has 0 aliphatic heterocycles. The summed E-state index contributed by atoms with van der Waals surface area (Å²) >= 11 is 0. The lowest BCUT2D eigenvalue weighted by atomic mass is 9.97. The summed E-state index contributed by atoms with van der Waals surface area (Å²) in [4.78, 5) is 74.2. The Labute approximate surface area is 735 Å². The fourth-order valence-electron chi connectivity index (χ4n) is 16.9. The van der Waals surface area contributed by atoms with E-state index in [1.54, 1.807) is 0 Å². The van der Waals surface area contributed by atoms with E-state index in [4.69, 9.17) is 69.8 Å². The summed E-state index contributed by atoms with van der Waals surface area (Å²) in [5, 5.41) is 3.69. The van der Waals surface area contributed by atoms with Gasteiger partial charge in [0.2, 0.25) is 0 Å². The lowest BCUT2D eigenvalue weighted by Crippen LogP contribution is -2.03. The van der Waals surface area contributed by atoms with E-state index < -0.39 is 0 Å². The van der Waals surface area contributed by atoms with Gasteiger partial charge >= 0.3 is 0 Å². The van der Waals surface area contributed by atoms with E-state index >= 15 is 0 Å². The quantitative estimate of drug-likeness (QED) is 0.0788. The van der Waals surface area contributed by atoms with Crippen molar-refractivity contribution in [3.63, 3.8) is 0 Å². The van der Waals surface area contributed by atoms with Gasteiger partial charge in [0.25, 0.3) is 0 Å². The number of benzene rings is 16. The number of hydrogen-bond donors (Lipinski definition) is 0. The van der Waals surface area contributed by atoms with E-state index in [1.807, 2.05) is 279 Å². The minimum atomic E-state index is 0.510. The van der Waals surface area contributed by atoms with Crippen LogP contribution in [0, 0.1) is 0 Å². The zero-order valence-electron chi connectivity index (χ0n) is 68.6. The molecular formula is C112H70N16. The monoisotopic (exact) mass is 1640 g/mol. The molecule has 598 valence electrons. The van der Waals surface area contributed by atoms with Crippen LogP contribution in [-0.4, -0.2) is 78.9 Å². The van der Waals surface area contributed by atoms with E-state index in [0.717, 1.165) is 161 Å². The van der Waals surface area contributed by atoms with Crippen LogP contribution in [0.1, 0.15) is 0 Å². The first kappa shape index (κ1) is 75.2. The third kappa shape index (κ3) is 14.4. The summed E-state index contributed by atoms with van der Waals surface area (Å²) in [7, 11) is 0. The third-order valence-electron chi connectivity index (χ3n) is 23.2. The lowest BCUT2D eigenvalue weighted by Gasteiger charge is -2.20. The van der Waals surface area contributed by atoms with E-state index in [9.17, 15) is 0 Å². The van der Waals surface area contributed by atoms with Crippen molar-refractivity contribution in [3.8, 4) is 193 Å². The van der Waals surface area contributed by atoms with Crippen molar-refractivity contribution < 1.29 is 0 Å². The van der Waals surface area contributed by atoms with E-state index in [-0.39, 0.29) is 0 Å². The van der Waals surface area contributed by atoms with Crippen molar-refractivity contribution in [1.82, 2.24) is 78.9 Å². The molecule has 0 aliphatic rings. The predicted molar refractivity (Wildman–Crippen MR) is 511 cm³/mol. The van der Waals surface area contributed by atoms with Crippen LogP contribution in [0.15, 0.2) is 425 Å². The average molecular weight is 1640 g/mol. The Kier molecular flexibility index (Phi) is 19.1. The number of nitrogens with zero attached hydrogens (tertiary/aromatic N) is 16. The highest BCUT2D eigenvalue weighted by atomic mass is 15.1. The molecule has 0 amide bonds. The maximum absolute atomic E-state index is 5.53. The molecule has 16 aromatic carbocycles. The summed E-state index contributed by atoms with van der Waals surface area (Å²) in [5.41, 5.74) is 21.5. The number of hydrogen-bond acceptors (Lipinski definition) is 14. The molecule has 0 bridgehead atoms. The molecule has 0 atom stereocenters. The van der Waals surface area contributed by atoms with Gasteiger partial charge in [0.1, 0.15) is 0 Å². The number of fused-ring (bicyclic) bond motifs is 6. The van der Waals surface area contributed by atoms with Gasteiger partial charge in [-0.25, -0.2) is 69.8 Å². The van der Waals surface area contributed by atoms with Crippen LogP contribution in [-0.2, 0) is 0 Å². The molecule has 16 nitrogen and oxygen atoms in total. The molecule has 0 saturated heterocycles. The maximum atomic E-state index is 5.53. The van der Waals surface area contributed by atoms with Crippen LogP contribution in [0.4, 0.5) is 0 Å². The highest BCUT2D eigenvalue weighted by molar-refractivity contribution is 6.14. The molecule has 23 aromatic rings. The van der Waals surface area contributed by atoms with Gasteiger partial charge in [-0.15, -0.1) is 0 Å². The van der Waals surface area contributed by atoms with Crippen LogP contribution in [0.2, 0.25) is 0 Å². The van der Waals surface area contributed by atoms with E-state index in [0.29, 0.717) is 75.7 Å². The Bertz CT molecular complexity index is 7480. The summed E-state index contributed by atoms with van der Waals surface area (Å²) in [6, 6.07) is 145. The molecule has 7 heterocycles. The van der Waals surface area contributed by atoms with Crippen LogP contribution >= 0.6 is 0 Å². The first-order valence-electron chi connectivity index (χ1n) is 42.3. The Morgan fingerprint density at radius 1 is 0.125 bits per heavy atom. The summed E-state index contributed by atoms with van der Waals surface area (Å²) in [6.45, 7) is 0. The topological polar surface area (TPSA) is 190 Å². The van der Waals surface area contributed by atoms with Crippen molar-refractivity contribution >= 4 is 43.6 Å². The predicted octanol–water partition coefficient (Wildman–Crippen LogP) is 26.1. The fourth-order valence-corrected chi connectivity index (χ4v) is 16.9. The van der Waals surface area contributed by atoms with Crippen molar-refractivity contribution in [2.75, 3.05) is 0 Å². The smallest absolute Gasteiger partial charge is 0.164 e. The van der Waals surface area contributed by atoms with Crippen LogP contribution in [0.5, 0.6) is 0 Å². The molecule has 0 fully saturated rings.